The highest BCUT2D eigenvalue weighted by Gasteiger charge is 2.31. The lowest BCUT2D eigenvalue weighted by molar-refractivity contribution is -0.0295. The van der Waals surface area contributed by atoms with Crippen LogP contribution in [0.5, 0.6) is 0 Å². The lowest BCUT2D eigenvalue weighted by Crippen LogP contribution is -2.50. The summed E-state index contributed by atoms with van der Waals surface area (Å²) in [5, 5.41) is 0. The van der Waals surface area contributed by atoms with Crippen LogP contribution in [0.4, 0.5) is 0 Å². The number of rotatable bonds is 0. The molecule has 0 aliphatic carbocycles. The molecule has 4 heteroatoms. The van der Waals surface area contributed by atoms with Gasteiger partial charge >= 0.3 is 0 Å². The highest BCUT2D eigenvalue weighted by molar-refractivity contribution is 14.1. The third-order valence-electron chi connectivity index (χ3n) is 2.89. The Morgan fingerprint density at radius 2 is 2.08 bits per heavy atom. The summed E-state index contributed by atoms with van der Waals surface area (Å²) < 4.78 is 7.95. The third-order valence-corrected chi connectivity index (χ3v) is 3.76. The van der Waals surface area contributed by atoms with Crippen LogP contribution in [0.15, 0.2) is 0 Å². The average molecular weight is 282 g/mol. The first-order valence-corrected chi connectivity index (χ1v) is 5.44. The van der Waals surface area contributed by atoms with Gasteiger partial charge in [0.15, 0.2) is 0 Å². The Balaban J connectivity index is 2.08. The molecule has 2 rings (SSSR count). The second kappa shape index (κ2) is 3.77. The Kier molecular flexibility index (Phi) is 2.89. The minimum atomic E-state index is 0.614. The Morgan fingerprint density at radius 1 is 1.33 bits per heavy atom. The monoisotopic (exact) mass is 282 g/mol. The minimum Gasteiger partial charge on any atom is -0.378 e. The van der Waals surface area contributed by atoms with Crippen LogP contribution in [0.2, 0.25) is 0 Å². The van der Waals surface area contributed by atoms with Gasteiger partial charge in [0.05, 0.1) is 13.2 Å². The van der Waals surface area contributed by atoms with Gasteiger partial charge in [-0.1, -0.05) is 0 Å². The van der Waals surface area contributed by atoms with Crippen LogP contribution in [0.1, 0.15) is 6.42 Å². The van der Waals surface area contributed by atoms with Crippen LogP contribution in [0.3, 0.4) is 0 Å². The number of hydrogen-bond donors (Lipinski definition) is 0. The Labute approximate surface area is 87.5 Å². The molecule has 3 nitrogen and oxygen atoms in total. The fourth-order valence-electron chi connectivity index (χ4n) is 1.95. The van der Waals surface area contributed by atoms with Gasteiger partial charge < -0.3 is 4.74 Å². The summed E-state index contributed by atoms with van der Waals surface area (Å²) in [5.41, 5.74) is 0. The first-order chi connectivity index (χ1) is 5.77. The van der Waals surface area contributed by atoms with Crippen LogP contribution in [0, 0.1) is 0 Å². The van der Waals surface area contributed by atoms with Gasteiger partial charge in [0.25, 0.3) is 0 Å². The van der Waals surface area contributed by atoms with Crippen molar-refractivity contribution < 1.29 is 4.74 Å². The number of nitrogens with zero attached hydrogens (tertiary/aromatic N) is 2. The first-order valence-electron chi connectivity index (χ1n) is 4.48. The topological polar surface area (TPSA) is 15.7 Å². The molecule has 2 unspecified atom stereocenters. The van der Waals surface area contributed by atoms with E-state index in [4.69, 9.17) is 4.74 Å². The van der Waals surface area contributed by atoms with E-state index in [1.165, 1.54) is 13.0 Å². The van der Waals surface area contributed by atoms with Crippen molar-refractivity contribution in [1.29, 1.82) is 0 Å². The zero-order chi connectivity index (χ0) is 8.55. The van der Waals surface area contributed by atoms with Crippen LogP contribution >= 0.6 is 22.9 Å². The molecule has 0 aromatic heterocycles. The summed E-state index contributed by atoms with van der Waals surface area (Å²) >= 11 is 2.42. The quantitative estimate of drug-likeness (QED) is 0.481. The van der Waals surface area contributed by atoms with Crippen molar-refractivity contribution in [3.8, 4) is 0 Å². The van der Waals surface area contributed by atoms with Gasteiger partial charge in [-0.25, -0.2) is 3.11 Å². The van der Waals surface area contributed by atoms with Gasteiger partial charge in [-0.05, 0) is 13.5 Å². The second-order valence-electron chi connectivity index (χ2n) is 3.67. The first kappa shape index (κ1) is 9.18. The van der Waals surface area contributed by atoms with Gasteiger partial charge in [0, 0.05) is 48.0 Å². The molecule has 0 aromatic carbocycles. The Hall–Kier alpha value is 0.610. The highest BCUT2D eigenvalue weighted by atomic mass is 127. The fourth-order valence-corrected chi connectivity index (χ4v) is 2.68. The van der Waals surface area contributed by atoms with E-state index in [-0.39, 0.29) is 0 Å². The van der Waals surface area contributed by atoms with Crippen molar-refractivity contribution in [3.05, 3.63) is 0 Å². The molecule has 2 heterocycles. The molecule has 2 aliphatic rings. The Morgan fingerprint density at radius 3 is 2.92 bits per heavy atom. The molecule has 0 radical (unpaired) electrons. The number of likely N-dealkylation sites (N-methyl/N-ethyl adjacent to an activating group) is 1. The SMILES string of the molecule is CN1C2CCN(I)CC1COC2. The summed E-state index contributed by atoms with van der Waals surface area (Å²) in [4.78, 5) is 2.49. The van der Waals surface area contributed by atoms with Crippen LogP contribution in [0.25, 0.3) is 0 Å². The molecule has 0 spiro atoms. The van der Waals surface area contributed by atoms with Crippen molar-refractivity contribution in [2.45, 2.75) is 18.5 Å². The van der Waals surface area contributed by atoms with Crippen molar-refractivity contribution in [3.63, 3.8) is 0 Å². The summed E-state index contributed by atoms with van der Waals surface area (Å²) in [6.45, 7) is 4.19. The van der Waals surface area contributed by atoms with E-state index in [9.17, 15) is 0 Å². The zero-order valence-corrected chi connectivity index (χ0v) is 9.53. The van der Waals surface area contributed by atoms with E-state index in [0.29, 0.717) is 12.1 Å². The van der Waals surface area contributed by atoms with Crippen molar-refractivity contribution in [1.82, 2.24) is 8.01 Å². The van der Waals surface area contributed by atoms with E-state index in [0.717, 1.165) is 19.8 Å². The lowest BCUT2D eigenvalue weighted by Gasteiger charge is -2.37. The predicted octanol–water partition coefficient (Wildman–Crippen LogP) is 0.741. The van der Waals surface area contributed by atoms with Gasteiger partial charge in [-0.3, -0.25) is 4.90 Å². The van der Waals surface area contributed by atoms with Gasteiger partial charge in [-0.2, -0.15) is 0 Å². The lowest BCUT2D eigenvalue weighted by atomic mass is 10.1. The van der Waals surface area contributed by atoms with Crippen LogP contribution < -0.4 is 0 Å². The maximum absolute atomic E-state index is 5.56. The third kappa shape index (κ3) is 1.76. The predicted molar refractivity (Wildman–Crippen MR) is 56.4 cm³/mol. The van der Waals surface area contributed by atoms with Gasteiger partial charge in [0.2, 0.25) is 0 Å². The van der Waals surface area contributed by atoms with E-state index in [2.05, 4.69) is 37.9 Å². The van der Waals surface area contributed by atoms with Gasteiger partial charge in [-0.15, -0.1) is 0 Å². The van der Waals surface area contributed by atoms with E-state index >= 15 is 0 Å². The largest absolute Gasteiger partial charge is 0.378 e. The second-order valence-corrected chi connectivity index (χ2v) is 5.03. The molecule has 0 aromatic rings. The molecule has 2 saturated heterocycles. The maximum Gasteiger partial charge on any atom is 0.0635 e. The van der Waals surface area contributed by atoms with Crippen molar-refractivity contribution in [2.75, 3.05) is 33.4 Å². The highest BCUT2D eigenvalue weighted by Crippen LogP contribution is 2.21. The summed E-state index contributed by atoms with van der Waals surface area (Å²) in [6.07, 6.45) is 1.25. The van der Waals surface area contributed by atoms with Crippen LogP contribution in [-0.2, 0) is 4.74 Å². The minimum absolute atomic E-state index is 0.614. The summed E-state index contributed by atoms with van der Waals surface area (Å²) in [7, 11) is 2.23. The molecule has 0 saturated carbocycles. The van der Waals surface area contributed by atoms with Gasteiger partial charge in [0.1, 0.15) is 0 Å². The number of halogens is 1. The smallest absolute Gasteiger partial charge is 0.0635 e. The zero-order valence-electron chi connectivity index (χ0n) is 7.37. The molecule has 0 amide bonds. The molecule has 12 heavy (non-hydrogen) atoms. The molecule has 2 fully saturated rings. The summed E-state index contributed by atoms with van der Waals surface area (Å²) in [6, 6.07) is 1.27. The molecule has 70 valence electrons. The molecule has 2 atom stereocenters. The van der Waals surface area contributed by atoms with E-state index in [1.807, 2.05) is 0 Å². The Bertz CT molecular complexity index is 167. The number of hydrogen-bond acceptors (Lipinski definition) is 3. The molecular weight excluding hydrogens is 267 g/mol. The molecule has 2 bridgehead atoms. The molecule has 2 aliphatic heterocycles. The van der Waals surface area contributed by atoms with Crippen molar-refractivity contribution in [2.24, 2.45) is 0 Å². The maximum atomic E-state index is 5.56. The molecule has 0 N–H and O–H groups in total. The number of fused-ring (bicyclic) bond motifs is 2. The number of ether oxygens (including phenoxy) is 1. The number of morpholine rings is 1. The van der Waals surface area contributed by atoms with Crippen LogP contribution in [-0.4, -0.2) is 53.4 Å². The van der Waals surface area contributed by atoms with E-state index < -0.39 is 0 Å². The molecular formula is C8H15IN2O. The average Bonchev–Trinajstić information content (AvgIpc) is 2.17. The van der Waals surface area contributed by atoms with Crippen molar-refractivity contribution >= 4 is 22.9 Å². The normalized spacial score (nSPS) is 39.5. The standard InChI is InChI=1S/C8H15IN2O/c1-10-7-2-3-11(9)4-8(10)6-12-5-7/h7-8H,2-6H2,1H3. The summed E-state index contributed by atoms with van der Waals surface area (Å²) in [5.74, 6) is 0. The fraction of sp³-hybridized carbons (Fsp3) is 1.00. The van der Waals surface area contributed by atoms with E-state index in [1.54, 1.807) is 0 Å².